The van der Waals surface area contributed by atoms with E-state index in [0.717, 1.165) is 12.8 Å². The number of benzene rings is 2. The van der Waals surface area contributed by atoms with Crippen LogP contribution in [0.3, 0.4) is 0 Å². The summed E-state index contributed by atoms with van der Waals surface area (Å²) < 4.78 is 0. The zero-order valence-electron chi connectivity index (χ0n) is 14.8. The van der Waals surface area contributed by atoms with E-state index in [4.69, 9.17) is 0 Å². The highest BCUT2D eigenvalue weighted by Crippen LogP contribution is 2.34. The maximum atomic E-state index is 10.4. The molecule has 2 N–H and O–H groups in total. The minimum absolute atomic E-state index is 0.206. The summed E-state index contributed by atoms with van der Waals surface area (Å²) in [5.74, 6) is 0.371. The third kappa shape index (κ3) is 4.25. The van der Waals surface area contributed by atoms with Crippen LogP contribution in [0.4, 0.5) is 0 Å². The molecule has 1 fully saturated rings. The molecular weight excluding hydrogens is 294 g/mol. The fourth-order valence-electron chi connectivity index (χ4n) is 3.89. The molecule has 24 heavy (non-hydrogen) atoms. The topological polar surface area (TPSA) is 32.3 Å². The van der Waals surface area contributed by atoms with Crippen LogP contribution in [-0.2, 0) is 0 Å². The van der Waals surface area contributed by atoms with E-state index in [9.17, 15) is 5.11 Å². The second kappa shape index (κ2) is 7.50. The molecule has 3 rings (SSSR count). The van der Waals surface area contributed by atoms with E-state index < -0.39 is 5.60 Å². The standard InChI is InChI=1S/C22H29NO/c1-22(2,24)19-14-9-15-20(16-19)23-21(17-10-5-3-6-11-17)18-12-7-4-8-13-18/h3-8,10-13,19-21,23-24H,9,14-16H2,1-2H3/t19-,20-/m0/s1. The van der Waals surface area contributed by atoms with Crippen LogP contribution in [0.2, 0.25) is 0 Å². The first-order valence-electron chi connectivity index (χ1n) is 9.12. The van der Waals surface area contributed by atoms with Crippen LogP contribution in [0.15, 0.2) is 60.7 Å². The van der Waals surface area contributed by atoms with Crippen LogP contribution < -0.4 is 5.32 Å². The Morgan fingerprint density at radius 1 is 0.917 bits per heavy atom. The molecule has 0 spiro atoms. The summed E-state index contributed by atoms with van der Waals surface area (Å²) >= 11 is 0. The fourth-order valence-corrected chi connectivity index (χ4v) is 3.89. The highest BCUT2D eigenvalue weighted by Gasteiger charge is 2.33. The molecule has 2 aromatic carbocycles. The molecule has 1 saturated carbocycles. The van der Waals surface area contributed by atoms with Crippen LogP contribution >= 0.6 is 0 Å². The number of rotatable bonds is 5. The highest BCUT2D eigenvalue weighted by atomic mass is 16.3. The van der Waals surface area contributed by atoms with Gasteiger partial charge in [-0.1, -0.05) is 67.1 Å². The van der Waals surface area contributed by atoms with Crippen molar-refractivity contribution in [1.82, 2.24) is 5.32 Å². The fraction of sp³-hybridized carbons (Fsp3) is 0.455. The van der Waals surface area contributed by atoms with Gasteiger partial charge in [0.05, 0.1) is 11.6 Å². The number of aliphatic hydroxyl groups is 1. The molecule has 0 unspecified atom stereocenters. The Balaban J connectivity index is 1.80. The molecule has 2 aromatic rings. The van der Waals surface area contributed by atoms with Crippen molar-refractivity contribution in [2.75, 3.05) is 0 Å². The summed E-state index contributed by atoms with van der Waals surface area (Å²) in [5.41, 5.74) is 2.01. The summed E-state index contributed by atoms with van der Waals surface area (Å²) in [7, 11) is 0. The Morgan fingerprint density at radius 3 is 1.96 bits per heavy atom. The summed E-state index contributed by atoms with van der Waals surface area (Å²) in [4.78, 5) is 0. The third-order valence-electron chi connectivity index (χ3n) is 5.34. The average molecular weight is 323 g/mol. The Kier molecular flexibility index (Phi) is 5.37. The van der Waals surface area contributed by atoms with Crippen molar-refractivity contribution in [1.29, 1.82) is 0 Å². The molecule has 0 amide bonds. The maximum Gasteiger partial charge on any atom is 0.0620 e. The van der Waals surface area contributed by atoms with Crippen molar-refractivity contribution in [2.45, 2.75) is 57.2 Å². The third-order valence-corrected chi connectivity index (χ3v) is 5.34. The van der Waals surface area contributed by atoms with Crippen molar-refractivity contribution in [3.8, 4) is 0 Å². The lowest BCUT2D eigenvalue weighted by Gasteiger charge is -2.38. The Bertz CT molecular complexity index is 578. The van der Waals surface area contributed by atoms with E-state index in [1.54, 1.807) is 0 Å². The number of hydrogen-bond donors (Lipinski definition) is 2. The van der Waals surface area contributed by atoms with Gasteiger partial charge in [0.1, 0.15) is 0 Å². The minimum Gasteiger partial charge on any atom is -0.390 e. The smallest absolute Gasteiger partial charge is 0.0620 e. The second-order valence-electron chi connectivity index (χ2n) is 7.64. The molecular formula is C22H29NO. The van der Waals surface area contributed by atoms with Crippen molar-refractivity contribution in [3.63, 3.8) is 0 Å². The Morgan fingerprint density at radius 2 is 1.46 bits per heavy atom. The molecule has 2 atom stereocenters. The normalized spacial score (nSPS) is 21.8. The molecule has 0 radical (unpaired) electrons. The second-order valence-corrected chi connectivity index (χ2v) is 7.64. The molecule has 0 saturated heterocycles. The van der Waals surface area contributed by atoms with Crippen molar-refractivity contribution in [2.24, 2.45) is 5.92 Å². The predicted molar refractivity (Wildman–Crippen MR) is 99.9 cm³/mol. The van der Waals surface area contributed by atoms with E-state index in [2.05, 4.69) is 66.0 Å². The van der Waals surface area contributed by atoms with Gasteiger partial charge in [-0.05, 0) is 50.2 Å². The van der Waals surface area contributed by atoms with Crippen LogP contribution in [0, 0.1) is 5.92 Å². The first-order chi connectivity index (χ1) is 11.5. The largest absolute Gasteiger partial charge is 0.390 e. The highest BCUT2D eigenvalue weighted by molar-refractivity contribution is 5.31. The predicted octanol–water partition coefficient (Wildman–Crippen LogP) is 4.70. The Hall–Kier alpha value is -1.64. The van der Waals surface area contributed by atoms with Crippen molar-refractivity contribution < 1.29 is 5.11 Å². The first kappa shape index (κ1) is 17.2. The van der Waals surface area contributed by atoms with Gasteiger partial charge in [0.2, 0.25) is 0 Å². The van der Waals surface area contributed by atoms with Gasteiger partial charge in [0, 0.05) is 6.04 Å². The SMILES string of the molecule is CC(C)(O)[C@H]1CCC[C@H](NC(c2ccccc2)c2ccccc2)C1. The van der Waals surface area contributed by atoms with Crippen LogP contribution in [0.1, 0.15) is 56.7 Å². The molecule has 0 heterocycles. The van der Waals surface area contributed by atoms with Crippen LogP contribution in [0.5, 0.6) is 0 Å². The number of nitrogens with one attached hydrogen (secondary N) is 1. The summed E-state index contributed by atoms with van der Waals surface area (Å²) in [6, 6.07) is 22.0. The van der Waals surface area contributed by atoms with E-state index >= 15 is 0 Å². The molecule has 2 heteroatoms. The Labute approximate surface area is 145 Å². The molecule has 0 bridgehead atoms. The van der Waals surface area contributed by atoms with Gasteiger partial charge in [-0.3, -0.25) is 0 Å². The lowest BCUT2D eigenvalue weighted by Crippen LogP contribution is -2.42. The van der Waals surface area contributed by atoms with Gasteiger partial charge in [0.25, 0.3) is 0 Å². The molecule has 1 aliphatic rings. The minimum atomic E-state index is -0.588. The monoisotopic (exact) mass is 323 g/mol. The molecule has 2 nitrogen and oxygen atoms in total. The van der Waals surface area contributed by atoms with Gasteiger partial charge >= 0.3 is 0 Å². The van der Waals surface area contributed by atoms with Gasteiger partial charge in [0.15, 0.2) is 0 Å². The lowest BCUT2D eigenvalue weighted by atomic mass is 9.76. The lowest BCUT2D eigenvalue weighted by molar-refractivity contribution is -0.00553. The molecule has 128 valence electrons. The van der Waals surface area contributed by atoms with Gasteiger partial charge < -0.3 is 10.4 Å². The van der Waals surface area contributed by atoms with Gasteiger partial charge in [-0.15, -0.1) is 0 Å². The van der Waals surface area contributed by atoms with Crippen molar-refractivity contribution in [3.05, 3.63) is 71.8 Å². The zero-order valence-corrected chi connectivity index (χ0v) is 14.8. The summed E-state index contributed by atoms with van der Waals surface area (Å²) in [6.45, 7) is 3.90. The van der Waals surface area contributed by atoms with E-state index in [1.165, 1.54) is 24.0 Å². The first-order valence-corrected chi connectivity index (χ1v) is 9.12. The van der Waals surface area contributed by atoms with E-state index in [0.29, 0.717) is 12.0 Å². The van der Waals surface area contributed by atoms with Crippen LogP contribution in [0.25, 0.3) is 0 Å². The molecule has 0 aromatic heterocycles. The summed E-state index contributed by atoms with van der Waals surface area (Å²) in [5, 5.41) is 14.3. The van der Waals surface area contributed by atoms with Gasteiger partial charge in [-0.2, -0.15) is 0 Å². The van der Waals surface area contributed by atoms with Crippen molar-refractivity contribution >= 4 is 0 Å². The molecule has 1 aliphatic carbocycles. The van der Waals surface area contributed by atoms with E-state index in [1.807, 2.05) is 13.8 Å². The summed E-state index contributed by atoms with van der Waals surface area (Å²) in [6.07, 6.45) is 4.54. The van der Waals surface area contributed by atoms with Crippen LogP contribution in [-0.4, -0.2) is 16.7 Å². The van der Waals surface area contributed by atoms with Gasteiger partial charge in [-0.25, -0.2) is 0 Å². The average Bonchev–Trinajstić information content (AvgIpc) is 2.61. The van der Waals surface area contributed by atoms with E-state index in [-0.39, 0.29) is 6.04 Å². The maximum absolute atomic E-state index is 10.4. The number of hydrogen-bond acceptors (Lipinski definition) is 2. The molecule has 0 aliphatic heterocycles. The quantitative estimate of drug-likeness (QED) is 0.836. The zero-order chi connectivity index (χ0) is 17.0.